The Labute approximate surface area is 592 Å². The largest absolute Gasteiger partial charge is 0.477 e. The molecule has 0 spiro atoms. The van der Waals surface area contributed by atoms with Gasteiger partial charge in [-0.25, -0.2) is 4.79 Å². The van der Waals surface area contributed by atoms with Gasteiger partial charge in [0.25, 0.3) is 6.29 Å². The summed E-state index contributed by atoms with van der Waals surface area (Å²) in [4.78, 5) is 37.6. The lowest BCUT2D eigenvalue weighted by molar-refractivity contribution is -0.870. The lowest BCUT2D eigenvalue weighted by atomic mass is 10.1. The number of quaternary nitrogens is 1. The number of esters is 2. The molecule has 2 atom stereocenters. The zero-order valence-corrected chi connectivity index (χ0v) is 61.1. The van der Waals surface area contributed by atoms with Gasteiger partial charge >= 0.3 is 17.9 Å². The second kappa shape index (κ2) is 74.6. The number of hydrogen-bond donors (Lipinski definition) is 1. The standard InChI is InChI=1S/C88H131NO8/c1-6-8-10-12-14-16-18-20-22-24-26-28-30-32-34-36-38-39-40-41-42-43-44-45-46-47-49-51-53-55-57-59-61-63-65-67-69-71-73-75-77-79-86(91)97-84(83-96-88(87(92)93)94-81-80-89(3,4)5)82-95-85(90)78-76-74-72-70-68-66-64-62-60-58-56-54-52-50-48-37-35-33-31-29-27-25-23-21-19-17-15-13-11-9-7-2/h8-11,14-17,20-23,26-29,32-35,38-39,41-42,44-45,47-50,53-56,59-62,65-68,84,88H,6-7,12-13,18-19,24-25,30-31,36-37,40,43,46,51-52,57-58,63-64,69-83H2,1-5H3/p+1/b10-8-,11-9-,16-14-,17-15-,22-20-,23-21-,28-26-,29-27-,34-32-,35-33-,39-38-,42-41-,45-44-,49-47-,50-48-,55-53-,56-54-,61-59-,62-60-,67-65-,68-66-. The number of carboxylic acid groups (broad SMARTS) is 1. The van der Waals surface area contributed by atoms with E-state index in [2.05, 4.69) is 269 Å². The smallest absolute Gasteiger partial charge is 0.361 e. The van der Waals surface area contributed by atoms with Crippen molar-refractivity contribution >= 4 is 17.9 Å². The molecule has 0 aromatic carbocycles. The van der Waals surface area contributed by atoms with Gasteiger partial charge < -0.3 is 28.5 Å². The van der Waals surface area contributed by atoms with Crippen LogP contribution in [0.15, 0.2) is 255 Å². The fraction of sp³-hybridized carbons (Fsp3) is 0.489. The average Bonchev–Trinajstić information content (AvgIpc) is 3.27. The van der Waals surface area contributed by atoms with Gasteiger partial charge in [-0.15, -0.1) is 0 Å². The van der Waals surface area contributed by atoms with Crippen LogP contribution in [0, 0.1) is 0 Å². The third kappa shape index (κ3) is 76.1. The Morgan fingerprint density at radius 3 is 0.825 bits per heavy atom. The molecule has 9 heteroatoms. The van der Waals surface area contributed by atoms with Crippen LogP contribution in [0.5, 0.6) is 0 Å². The molecular weight excluding hydrogens is 1200 g/mol. The number of carbonyl (C=O) groups excluding carboxylic acids is 2. The van der Waals surface area contributed by atoms with E-state index in [1.807, 2.05) is 21.1 Å². The first-order valence-corrected chi connectivity index (χ1v) is 36.8. The highest BCUT2D eigenvalue weighted by atomic mass is 16.7. The molecule has 0 saturated carbocycles. The fourth-order valence-electron chi connectivity index (χ4n) is 8.75. The number of hydrogen-bond acceptors (Lipinski definition) is 7. The van der Waals surface area contributed by atoms with E-state index in [9.17, 15) is 19.5 Å². The molecule has 1 N–H and O–H groups in total. The van der Waals surface area contributed by atoms with Gasteiger partial charge in [-0.1, -0.05) is 288 Å². The van der Waals surface area contributed by atoms with Crippen molar-refractivity contribution in [3.63, 3.8) is 0 Å². The predicted molar refractivity (Wildman–Crippen MR) is 418 cm³/mol. The van der Waals surface area contributed by atoms with Crippen LogP contribution < -0.4 is 0 Å². The molecule has 0 saturated heterocycles. The third-order valence-corrected chi connectivity index (χ3v) is 14.3. The molecular formula is C88H132NO8+. The number of rotatable bonds is 64. The fourth-order valence-corrected chi connectivity index (χ4v) is 8.75. The number of ether oxygens (including phenoxy) is 4. The third-order valence-electron chi connectivity index (χ3n) is 14.3. The Morgan fingerprint density at radius 2 is 0.557 bits per heavy atom. The van der Waals surface area contributed by atoms with Crippen molar-refractivity contribution in [1.29, 1.82) is 0 Å². The zero-order chi connectivity index (χ0) is 70.4. The maximum atomic E-state index is 13.0. The zero-order valence-electron chi connectivity index (χ0n) is 61.1. The van der Waals surface area contributed by atoms with Crippen molar-refractivity contribution in [3.05, 3.63) is 255 Å². The predicted octanol–water partition coefficient (Wildman–Crippen LogP) is 23.8. The molecule has 97 heavy (non-hydrogen) atoms. The first-order valence-electron chi connectivity index (χ1n) is 36.8. The van der Waals surface area contributed by atoms with Crippen molar-refractivity contribution < 1.29 is 42.9 Å². The monoisotopic (exact) mass is 1330 g/mol. The van der Waals surface area contributed by atoms with Gasteiger partial charge in [0.15, 0.2) is 6.10 Å². The molecule has 0 bridgehead atoms. The number of allylic oxidation sites excluding steroid dienone is 42. The summed E-state index contributed by atoms with van der Waals surface area (Å²) in [5, 5.41) is 9.75. The molecule has 0 aliphatic rings. The van der Waals surface area contributed by atoms with E-state index in [0.717, 1.165) is 180 Å². The van der Waals surface area contributed by atoms with E-state index in [4.69, 9.17) is 18.9 Å². The molecule has 0 amide bonds. The first kappa shape index (κ1) is 89.8. The summed E-state index contributed by atoms with van der Waals surface area (Å²) in [7, 11) is 5.93. The molecule has 536 valence electrons. The SMILES string of the molecule is CC/C=C\C/C=C\C/C=C\C/C=C\C/C=C\C/C=C\C/C=C\C/C=C\C/C=C\C/C=C\C/C=C\C/C=C\CCCCCCC(=O)OC(COC(=O)CCCCC/C=C\C/C=C\C/C=C\C/C=C\C/C=C\C/C=C\C/C=C\C/C=C\C/C=C\CC)COC(OCC[N+](C)(C)C)C(=O)O. The summed E-state index contributed by atoms with van der Waals surface area (Å²) < 4.78 is 22.9. The molecule has 0 aliphatic carbocycles. The number of carbonyl (C=O) groups is 3. The number of unbranched alkanes of at least 4 members (excludes halogenated alkanes) is 7. The molecule has 0 aromatic heterocycles. The summed E-state index contributed by atoms with van der Waals surface area (Å²) in [5.74, 6) is -2.12. The number of likely N-dealkylation sites (N-methyl/N-ethyl adjacent to an activating group) is 1. The number of carboxylic acids is 1. The lowest BCUT2D eigenvalue weighted by Gasteiger charge is -2.25. The highest BCUT2D eigenvalue weighted by Gasteiger charge is 2.25. The summed E-state index contributed by atoms with van der Waals surface area (Å²) in [6.07, 6.45) is 120. The molecule has 0 fully saturated rings. The number of aliphatic carboxylic acids is 1. The van der Waals surface area contributed by atoms with Gasteiger partial charge in [-0.05, 0) is 173 Å². The maximum absolute atomic E-state index is 13.0. The van der Waals surface area contributed by atoms with E-state index in [0.29, 0.717) is 23.9 Å². The van der Waals surface area contributed by atoms with Crippen LogP contribution in [-0.2, 0) is 33.3 Å². The summed E-state index contributed by atoms with van der Waals surface area (Å²) >= 11 is 0. The Kier molecular flexibility index (Phi) is 69.1. The van der Waals surface area contributed by atoms with Gasteiger partial charge in [0.2, 0.25) is 0 Å². The lowest BCUT2D eigenvalue weighted by Crippen LogP contribution is -2.40. The molecule has 0 rings (SSSR count). The van der Waals surface area contributed by atoms with Crippen molar-refractivity contribution in [2.75, 3.05) is 47.5 Å². The minimum Gasteiger partial charge on any atom is -0.477 e. The Balaban J connectivity index is 4.33. The molecule has 0 radical (unpaired) electrons. The van der Waals surface area contributed by atoms with Gasteiger partial charge in [0.1, 0.15) is 13.2 Å². The van der Waals surface area contributed by atoms with Crippen LogP contribution in [0.1, 0.15) is 219 Å². The second-order valence-corrected chi connectivity index (χ2v) is 24.4. The quantitative estimate of drug-likeness (QED) is 0.0211. The van der Waals surface area contributed by atoms with Crippen LogP contribution in [0.4, 0.5) is 0 Å². The van der Waals surface area contributed by atoms with Gasteiger partial charge in [-0.2, -0.15) is 0 Å². The molecule has 2 unspecified atom stereocenters. The topological polar surface area (TPSA) is 108 Å². The van der Waals surface area contributed by atoms with Crippen LogP contribution in [0.2, 0.25) is 0 Å². The van der Waals surface area contributed by atoms with Crippen LogP contribution in [0.3, 0.4) is 0 Å². The highest BCUT2D eigenvalue weighted by molar-refractivity contribution is 5.71. The molecule has 0 aromatic rings. The summed E-state index contributed by atoms with van der Waals surface area (Å²) in [5.41, 5.74) is 0. The molecule has 9 nitrogen and oxygen atoms in total. The van der Waals surface area contributed by atoms with Crippen molar-refractivity contribution in [3.8, 4) is 0 Å². The Morgan fingerprint density at radius 1 is 0.309 bits per heavy atom. The molecule has 0 heterocycles. The van der Waals surface area contributed by atoms with E-state index >= 15 is 0 Å². The normalized spacial score (nSPS) is 14.2. The highest BCUT2D eigenvalue weighted by Crippen LogP contribution is 2.12. The van der Waals surface area contributed by atoms with Crippen LogP contribution in [-0.4, -0.2) is 87.4 Å². The second-order valence-electron chi connectivity index (χ2n) is 24.4. The van der Waals surface area contributed by atoms with Gasteiger partial charge in [0, 0.05) is 12.8 Å². The first-order chi connectivity index (χ1) is 47.6. The average molecular weight is 1330 g/mol. The number of nitrogens with zero attached hydrogens (tertiary/aromatic N) is 1. The minimum absolute atomic E-state index is 0.161. The van der Waals surface area contributed by atoms with Crippen molar-refractivity contribution in [2.45, 2.75) is 232 Å². The summed E-state index contributed by atoms with van der Waals surface area (Å²) in [6.45, 7) is 4.53. The van der Waals surface area contributed by atoms with E-state index in [-0.39, 0.29) is 32.7 Å². The van der Waals surface area contributed by atoms with Gasteiger partial charge in [0.05, 0.1) is 34.4 Å². The van der Waals surface area contributed by atoms with Crippen LogP contribution >= 0.6 is 0 Å². The Bertz CT molecular complexity index is 2550. The van der Waals surface area contributed by atoms with Crippen molar-refractivity contribution in [1.82, 2.24) is 0 Å². The minimum atomic E-state index is -1.55. The molecule has 0 aliphatic heterocycles. The summed E-state index contributed by atoms with van der Waals surface area (Å²) in [6, 6.07) is 0. The Hall–Kier alpha value is -7.17. The van der Waals surface area contributed by atoms with Gasteiger partial charge in [-0.3, -0.25) is 9.59 Å². The van der Waals surface area contributed by atoms with E-state index in [1.165, 1.54) is 0 Å². The maximum Gasteiger partial charge on any atom is 0.361 e. The van der Waals surface area contributed by atoms with E-state index in [1.54, 1.807) is 0 Å². The van der Waals surface area contributed by atoms with Crippen LogP contribution in [0.25, 0.3) is 0 Å². The van der Waals surface area contributed by atoms with Crippen molar-refractivity contribution in [2.24, 2.45) is 0 Å². The van der Waals surface area contributed by atoms with E-state index < -0.39 is 30.3 Å².